The van der Waals surface area contributed by atoms with Crippen LogP contribution in [0.1, 0.15) is 10.4 Å². The standard InChI is InChI=1S/C15H11FN4O2/c1-19-10-6-7-11(21)13(14(22)20-15(17)18)12(10)8-2-4-9(16)5-3-8/h2-7,21H,(H4,17,18,20,22). The van der Waals surface area contributed by atoms with Crippen LogP contribution in [0.25, 0.3) is 16.0 Å². The van der Waals surface area contributed by atoms with Crippen molar-refractivity contribution in [3.8, 4) is 16.9 Å². The van der Waals surface area contributed by atoms with Crippen LogP contribution < -0.4 is 11.5 Å². The van der Waals surface area contributed by atoms with Crippen LogP contribution >= 0.6 is 0 Å². The van der Waals surface area contributed by atoms with Crippen molar-refractivity contribution < 1.29 is 14.3 Å². The van der Waals surface area contributed by atoms with Crippen LogP contribution in [0.2, 0.25) is 0 Å². The normalized spacial score (nSPS) is 9.82. The van der Waals surface area contributed by atoms with Gasteiger partial charge in [-0.3, -0.25) is 4.79 Å². The van der Waals surface area contributed by atoms with Crippen molar-refractivity contribution in [3.05, 3.63) is 59.2 Å². The predicted octanol–water partition coefficient (Wildman–Crippen LogP) is 2.16. The maximum absolute atomic E-state index is 13.1. The van der Waals surface area contributed by atoms with Gasteiger partial charge in [0, 0.05) is 5.56 Å². The van der Waals surface area contributed by atoms with E-state index in [9.17, 15) is 14.3 Å². The average molecular weight is 298 g/mol. The minimum Gasteiger partial charge on any atom is -0.507 e. The predicted molar refractivity (Wildman–Crippen MR) is 79.9 cm³/mol. The molecule has 0 fully saturated rings. The number of guanidine groups is 1. The number of aliphatic imine (C=N–C) groups is 1. The first-order valence-electron chi connectivity index (χ1n) is 6.07. The SMILES string of the molecule is [C-]#[N+]c1ccc(O)c(C(=O)N=C(N)N)c1-c1ccc(F)cc1. The lowest BCUT2D eigenvalue weighted by Crippen LogP contribution is -2.24. The Labute approximate surface area is 125 Å². The fraction of sp³-hybridized carbons (Fsp3) is 0. The van der Waals surface area contributed by atoms with E-state index in [2.05, 4.69) is 9.84 Å². The number of carbonyl (C=O) groups excluding carboxylic acids is 1. The Morgan fingerprint density at radius 3 is 2.36 bits per heavy atom. The van der Waals surface area contributed by atoms with Gasteiger partial charge in [-0.15, -0.1) is 0 Å². The van der Waals surface area contributed by atoms with E-state index >= 15 is 0 Å². The summed E-state index contributed by atoms with van der Waals surface area (Å²) in [6.07, 6.45) is 0. The van der Waals surface area contributed by atoms with E-state index in [1.807, 2.05) is 0 Å². The molecule has 0 heterocycles. The van der Waals surface area contributed by atoms with E-state index in [0.29, 0.717) is 5.56 Å². The molecule has 0 aliphatic heterocycles. The van der Waals surface area contributed by atoms with Gasteiger partial charge in [0.25, 0.3) is 5.91 Å². The van der Waals surface area contributed by atoms with Crippen LogP contribution in [-0.4, -0.2) is 17.0 Å². The molecule has 0 atom stereocenters. The second kappa shape index (κ2) is 5.93. The van der Waals surface area contributed by atoms with Crippen molar-refractivity contribution >= 4 is 17.6 Å². The molecule has 0 aliphatic rings. The number of aromatic hydroxyl groups is 1. The zero-order chi connectivity index (χ0) is 16.3. The van der Waals surface area contributed by atoms with Crippen LogP contribution in [0.4, 0.5) is 10.1 Å². The third-order valence-corrected chi connectivity index (χ3v) is 2.86. The molecule has 0 aliphatic carbocycles. The van der Waals surface area contributed by atoms with Crippen LogP contribution in [0.5, 0.6) is 5.75 Å². The Kier molecular flexibility index (Phi) is 4.04. The molecule has 22 heavy (non-hydrogen) atoms. The zero-order valence-electron chi connectivity index (χ0n) is 11.2. The maximum atomic E-state index is 13.1. The Hall–Kier alpha value is -3.40. The molecular weight excluding hydrogens is 287 g/mol. The van der Waals surface area contributed by atoms with Crippen molar-refractivity contribution in [3.63, 3.8) is 0 Å². The Bertz CT molecular complexity index is 804. The summed E-state index contributed by atoms with van der Waals surface area (Å²) < 4.78 is 13.1. The lowest BCUT2D eigenvalue weighted by Gasteiger charge is -2.11. The number of rotatable bonds is 2. The van der Waals surface area contributed by atoms with Gasteiger partial charge in [0.15, 0.2) is 11.6 Å². The average Bonchev–Trinajstić information content (AvgIpc) is 2.47. The molecule has 2 rings (SSSR count). The molecule has 2 aromatic rings. The molecule has 0 unspecified atom stereocenters. The van der Waals surface area contributed by atoms with Crippen molar-refractivity contribution in [2.75, 3.05) is 0 Å². The fourth-order valence-corrected chi connectivity index (χ4v) is 1.97. The molecule has 7 heteroatoms. The van der Waals surface area contributed by atoms with E-state index < -0.39 is 17.7 Å². The molecule has 0 saturated carbocycles. The summed E-state index contributed by atoms with van der Waals surface area (Å²) in [6.45, 7) is 7.20. The van der Waals surface area contributed by atoms with E-state index in [0.717, 1.165) is 0 Å². The summed E-state index contributed by atoms with van der Waals surface area (Å²) in [7, 11) is 0. The van der Waals surface area contributed by atoms with Gasteiger partial charge in [0.1, 0.15) is 11.6 Å². The summed E-state index contributed by atoms with van der Waals surface area (Å²) in [4.78, 5) is 18.8. The summed E-state index contributed by atoms with van der Waals surface area (Å²) in [5.41, 5.74) is 10.8. The lowest BCUT2D eigenvalue weighted by atomic mass is 9.96. The number of hydrogen-bond acceptors (Lipinski definition) is 2. The van der Waals surface area contributed by atoms with Gasteiger partial charge in [-0.05, 0) is 23.8 Å². The first-order valence-corrected chi connectivity index (χ1v) is 6.07. The van der Waals surface area contributed by atoms with Gasteiger partial charge in [-0.2, -0.15) is 4.99 Å². The molecule has 0 bridgehead atoms. The molecule has 0 radical (unpaired) electrons. The summed E-state index contributed by atoms with van der Waals surface area (Å²) in [5.74, 6) is -2.20. The van der Waals surface area contributed by atoms with E-state index in [1.165, 1.54) is 36.4 Å². The second-order valence-electron chi connectivity index (χ2n) is 4.31. The van der Waals surface area contributed by atoms with Crippen molar-refractivity contribution in [1.82, 2.24) is 0 Å². The number of amides is 1. The smallest absolute Gasteiger partial charge is 0.283 e. The lowest BCUT2D eigenvalue weighted by molar-refractivity contribution is 0.100. The quantitative estimate of drug-likeness (QED) is 0.448. The van der Waals surface area contributed by atoms with Gasteiger partial charge in [-0.25, -0.2) is 9.24 Å². The van der Waals surface area contributed by atoms with E-state index in [4.69, 9.17) is 18.0 Å². The largest absolute Gasteiger partial charge is 0.507 e. The molecule has 6 nitrogen and oxygen atoms in total. The summed E-state index contributed by atoms with van der Waals surface area (Å²) in [5, 5.41) is 9.96. The number of carbonyl (C=O) groups is 1. The van der Waals surface area contributed by atoms with Crippen molar-refractivity contribution in [2.45, 2.75) is 0 Å². The minimum absolute atomic E-state index is 0.110. The topological polar surface area (TPSA) is 106 Å². The summed E-state index contributed by atoms with van der Waals surface area (Å²) >= 11 is 0. The van der Waals surface area contributed by atoms with Gasteiger partial charge in [-0.1, -0.05) is 18.2 Å². The molecule has 0 aromatic heterocycles. The number of hydrogen-bond donors (Lipinski definition) is 3. The number of phenols is 1. The third-order valence-electron chi connectivity index (χ3n) is 2.86. The van der Waals surface area contributed by atoms with Crippen LogP contribution in [0.15, 0.2) is 41.4 Å². The molecule has 0 saturated heterocycles. The van der Waals surface area contributed by atoms with Crippen LogP contribution in [0.3, 0.4) is 0 Å². The monoisotopic (exact) mass is 298 g/mol. The fourth-order valence-electron chi connectivity index (χ4n) is 1.97. The number of nitrogens with two attached hydrogens (primary N) is 2. The Balaban J connectivity index is 2.77. The maximum Gasteiger partial charge on any atom is 0.283 e. The highest BCUT2D eigenvalue weighted by molar-refractivity contribution is 6.10. The molecule has 110 valence electrons. The van der Waals surface area contributed by atoms with Gasteiger partial charge >= 0.3 is 0 Å². The number of phenolic OH excluding ortho intramolecular Hbond substituents is 1. The highest BCUT2D eigenvalue weighted by Gasteiger charge is 2.21. The Morgan fingerprint density at radius 2 is 1.82 bits per heavy atom. The van der Waals surface area contributed by atoms with Gasteiger partial charge < -0.3 is 16.6 Å². The summed E-state index contributed by atoms with van der Waals surface area (Å²) in [6, 6.07) is 7.71. The van der Waals surface area contributed by atoms with E-state index in [-0.39, 0.29) is 22.6 Å². The van der Waals surface area contributed by atoms with Crippen LogP contribution in [-0.2, 0) is 0 Å². The van der Waals surface area contributed by atoms with E-state index in [1.54, 1.807) is 0 Å². The third kappa shape index (κ3) is 2.86. The second-order valence-corrected chi connectivity index (χ2v) is 4.31. The highest BCUT2D eigenvalue weighted by Crippen LogP contribution is 2.38. The van der Waals surface area contributed by atoms with Crippen LogP contribution in [0, 0.1) is 12.4 Å². The highest BCUT2D eigenvalue weighted by atomic mass is 19.1. The molecule has 5 N–H and O–H groups in total. The van der Waals surface area contributed by atoms with Gasteiger partial charge in [0.2, 0.25) is 0 Å². The zero-order valence-corrected chi connectivity index (χ0v) is 11.2. The first-order chi connectivity index (χ1) is 10.4. The van der Waals surface area contributed by atoms with Crippen molar-refractivity contribution in [2.24, 2.45) is 16.5 Å². The Morgan fingerprint density at radius 1 is 1.18 bits per heavy atom. The molecule has 1 amide bonds. The molecule has 0 spiro atoms. The molecular formula is C15H11FN4O2. The number of halogens is 1. The molecule has 2 aromatic carbocycles. The number of nitrogens with zero attached hydrogens (tertiary/aromatic N) is 2. The van der Waals surface area contributed by atoms with Crippen molar-refractivity contribution in [1.29, 1.82) is 0 Å². The number of benzene rings is 2. The minimum atomic E-state index is -0.887. The first kappa shape index (κ1) is 15.0. The van der Waals surface area contributed by atoms with Gasteiger partial charge in [0.05, 0.1) is 12.1 Å².